The molecule has 2 fully saturated rings. The van der Waals surface area contributed by atoms with Crippen molar-refractivity contribution >= 4 is 47.2 Å². The van der Waals surface area contributed by atoms with Crippen molar-refractivity contribution in [2.24, 2.45) is 10.9 Å². The molecule has 2 N–H and O–H groups in total. The van der Waals surface area contributed by atoms with Crippen LogP contribution < -0.4 is 10.6 Å². The number of carbonyl (C=O) groups is 1. The first-order valence-corrected chi connectivity index (χ1v) is 11.3. The minimum Gasteiger partial charge on any atom is -0.462 e. The summed E-state index contributed by atoms with van der Waals surface area (Å²) >= 11 is 1.39. The molecule has 1 saturated carbocycles. The number of aliphatic imine (C=N–C) groups is 1. The van der Waals surface area contributed by atoms with E-state index in [1.807, 2.05) is 20.8 Å². The molecule has 1 aromatic heterocycles. The molecule has 0 amide bonds. The Bertz CT molecular complexity index is 707. The zero-order valence-electron chi connectivity index (χ0n) is 17.9. The van der Waals surface area contributed by atoms with E-state index in [1.54, 1.807) is 0 Å². The maximum absolute atomic E-state index is 12.0. The van der Waals surface area contributed by atoms with E-state index in [-0.39, 0.29) is 36.0 Å². The van der Waals surface area contributed by atoms with Crippen molar-refractivity contribution in [2.75, 3.05) is 32.8 Å². The minimum atomic E-state index is -0.294. The van der Waals surface area contributed by atoms with E-state index in [9.17, 15) is 4.79 Å². The highest BCUT2D eigenvalue weighted by molar-refractivity contribution is 14.0. The van der Waals surface area contributed by atoms with E-state index in [0.717, 1.165) is 35.8 Å². The summed E-state index contributed by atoms with van der Waals surface area (Å²) in [6.07, 6.45) is 3.99. The second-order valence-electron chi connectivity index (χ2n) is 7.65. The van der Waals surface area contributed by atoms with Crippen LogP contribution in [0.3, 0.4) is 0 Å². The molecule has 0 spiro atoms. The number of aromatic nitrogens is 1. The summed E-state index contributed by atoms with van der Waals surface area (Å²) in [7, 11) is 0. The fraction of sp³-hybridized carbons (Fsp3) is 0.750. The smallest absolute Gasteiger partial charge is 0.350 e. The predicted molar refractivity (Wildman–Crippen MR) is 128 cm³/mol. The molecule has 1 saturated heterocycles. The van der Waals surface area contributed by atoms with Gasteiger partial charge in [-0.25, -0.2) is 9.78 Å². The normalized spacial score (nSPS) is 20.8. The highest BCUT2D eigenvalue weighted by Gasteiger charge is 2.34. The number of nitrogens with zero attached hydrogens (tertiary/aromatic N) is 3. The number of carbonyl (C=O) groups excluding carboxylic acids is 1. The van der Waals surface area contributed by atoms with Gasteiger partial charge in [-0.3, -0.25) is 4.99 Å². The average molecular weight is 535 g/mol. The third-order valence-electron chi connectivity index (χ3n) is 5.23. The van der Waals surface area contributed by atoms with Crippen LogP contribution in [0.15, 0.2) is 4.99 Å². The lowest BCUT2D eigenvalue weighted by molar-refractivity contribution is 0.0531. The van der Waals surface area contributed by atoms with Crippen molar-refractivity contribution in [3.05, 3.63) is 15.6 Å². The molecule has 0 radical (unpaired) electrons. The average Bonchev–Trinajstić information content (AvgIpc) is 3.27. The Morgan fingerprint density at radius 1 is 1.38 bits per heavy atom. The first-order valence-electron chi connectivity index (χ1n) is 10.4. The Balaban J connectivity index is 0.00000300. The van der Waals surface area contributed by atoms with Crippen LogP contribution in [0.4, 0.5) is 0 Å². The van der Waals surface area contributed by atoms with E-state index in [1.165, 1.54) is 43.7 Å². The van der Waals surface area contributed by atoms with Gasteiger partial charge in [0, 0.05) is 25.7 Å². The molecule has 1 aliphatic carbocycles. The second kappa shape index (κ2) is 11.5. The van der Waals surface area contributed by atoms with Crippen molar-refractivity contribution in [3.8, 4) is 0 Å². The number of likely N-dealkylation sites (tertiary alicyclic amines) is 1. The number of rotatable bonds is 8. The molecular formula is C20H34IN5O2S. The van der Waals surface area contributed by atoms with Gasteiger partial charge in [-0.1, -0.05) is 0 Å². The molecule has 0 bridgehead atoms. The number of nitrogens with one attached hydrogen (secondary N) is 2. The summed E-state index contributed by atoms with van der Waals surface area (Å²) in [4.78, 5) is 24.6. The van der Waals surface area contributed by atoms with Gasteiger partial charge in [0.15, 0.2) is 5.96 Å². The molecule has 1 aromatic rings. The monoisotopic (exact) mass is 535 g/mol. The number of guanidine groups is 1. The first-order chi connectivity index (χ1) is 13.5. The van der Waals surface area contributed by atoms with Gasteiger partial charge in [0.1, 0.15) is 9.88 Å². The van der Waals surface area contributed by atoms with Crippen LogP contribution in [0.5, 0.6) is 0 Å². The van der Waals surface area contributed by atoms with Gasteiger partial charge in [-0.15, -0.1) is 35.3 Å². The first kappa shape index (κ1) is 24.3. The highest BCUT2D eigenvalue weighted by atomic mass is 127. The van der Waals surface area contributed by atoms with Gasteiger partial charge < -0.3 is 20.3 Å². The summed E-state index contributed by atoms with van der Waals surface area (Å²) < 4.78 is 5.12. The zero-order valence-corrected chi connectivity index (χ0v) is 21.0. The van der Waals surface area contributed by atoms with Crippen LogP contribution in [0.25, 0.3) is 0 Å². The van der Waals surface area contributed by atoms with Gasteiger partial charge in [0.05, 0.1) is 18.3 Å². The number of hydrogen-bond donors (Lipinski definition) is 2. The molecule has 164 valence electrons. The Morgan fingerprint density at radius 2 is 2.14 bits per heavy atom. The lowest BCUT2D eigenvalue weighted by Gasteiger charge is -2.17. The van der Waals surface area contributed by atoms with E-state index in [2.05, 4.69) is 27.4 Å². The number of esters is 1. The molecule has 7 nitrogen and oxygen atoms in total. The third kappa shape index (κ3) is 6.78. The van der Waals surface area contributed by atoms with Crippen molar-refractivity contribution in [3.63, 3.8) is 0 Å². The molecule has 29 heavy (non-hydrogen) atoms. The van der Waals surface area contributed by atoms with Gasteiger partial charge >= 0.3 is 5.97 Å². The molecule has 2 unspecified atom stereocenters. The van der Waals surface area contributed by atoms with Crippen LogP contribution >= 0.6 is 35.3 Å². The zero-order chi connectivity index (χ0) is 20.1. The molecule has 9 heteroatoms. The summed E-state index contributed by atoms with van der Waals surface area (Å²) in [6.45, 7) is 12.2. The van der Waals surface area contributed by atoms with Gasteiger partial charge in [-0.2, -0.15) is 0 Å². The summed E-state index contributed by atoms with van der Waals surface area (Å²) in [5, 5.41) is 7.63. The highest BCUT2D eigenvalue weighted by Crippen LogP contribution is 2.31. The maximum Gasteiger partial charge on any atom is 0.350 e. The van der Waals surface area contributed by atoms with Crippen molar-refractivity contribution in [1.82, 2.24) is 20.5 Å². The minimum absolute atomic E-state index is 0. The second-order valence-corrected chi connectivity index (χ2v) is 8.68. The van der Waals surface area contributed by atoms with E-state index >= 15 is 0 Å². The molecule has 2 heterocycles. The molecule has 0 aromatic carbocycles. The quantitative estimate of drug-likeness (QED) is 0.230. The van der Waals surface area contributed by atoms with E-state index in [4.69, 9.17) is 9.73 Å². The number of halogens is 1. The third-order valence-corrected chi connectivity index (χ3v) is 6.55. The number of ether oxygens (including phenoxy) is 1. The molecule has 1 aliphatic heterocycles. The van der Waals surface area contributed by atoms with Crippen LogP contribution in [-0.4, -0.2) is 60.6 Å². The van der Waals surface area contributed by atoms with Crippen molar-refractivity contribution in [1.29, 1.82) is 0 Å². The van der Waals surface area contributed by atoms with Crippen molar-refractivity contribution in [2.45, 2.75) is 59.0 Å². The largest absolute Gasteiger partial charge is 0.462 e. The van der Waals surface area contributed by atoms with Crippen LogP contribution in [0.2, 0.25) is 0 Å². The van der Waals surface area contributed by atoms with Gasteiger partial charge in [0.2, 0.25) is 0 Å². The lowest BCUT2D eigenvalue weighted by Crippen LogP contribution is -2.39. The number of thiazole rings is 1. The van der Waals surface area contributed by atoms with Crippen LogP contribution in [0.1, 0.15) is 66.4 Å². The van der Waals surface area contributed by atoms with Crippen LogP contribution in [0, 0.1) is 12.8 Å². The van der Waals surface area contributed by atoms with Crippen LogP contribution in [-0.2, 0) is 4.74 Å². The fourth-order valence-electron chi connectivity index (χ4n) is 3.58. The summed E-state index contributed by atoms with van der Waals surface area (Å²) in [5.41, 5.74) is 0.722. The Morgan fingerprint density at radius 3 is 2.79 bits per heavy atom. The Hall–Kier alpha value is -0.940. The summed E-state index contributed by atoms with van der Waals surface area (Å²) in [5.74, 6) is 1.16. The lowest BCUT2D eigenvalue weighted by atomic mass is 10.1. The number of aryl methyl sites for hydroxylation is 1. The molecule has 2 atom stereocenters. The Kier molecular flexibility index (Phi) is 9.61. The number of hydrogen-bond acceptors (Lipinski definition) is 6. The van der Waals surface area contributed by atoms with E-state index < -0.39 is 0 Å². The van der Waals surface area contributed by atoms with Crippen molar-refractivity contribution < 1.29 is 9.53 Å². The molecule has 2 aliphatic rings. The van der Waals surface area contributed by atoms with Gasteiger partial charge in [-0.05, 0) is 59.4 Å². The molecule has 3 rings (SSSR count). The fourth-order valence-corrected chi connectivity index (χ4v) is 4.54. The Labute approximate surface area is 195 Å². The SMILES string of the molecule is CCNC(=NCC1CCN(C2CC2)C1)NC(C)c1nc(C)c(C(=O)OCC)s1.I. The van der Waals surface area contributed by atoms with E-state index in [0.29, 0.717) is 17.4 Å². The summed E-state index contributed by atoms with van der Waals surface area (Å²) in [6, 6.07) is 0.818. The maximum atomic E-state index is 12.0. The predicted octanol–water partition coefficient (Wildman–Crippen LogP) is 3.35. The standard InChI is InChI=1S/C20H33N5O2S.HI/c1-5-21-20(22-11-15-9-10-25(12-15)16-7-8-16)24-14(4)18-23-13(3)17(28-18)19(26)27-6-2;/h14-16H,5-12H2,1-4H3,(H2,21,22,24);1H. The molecular weight excluding hydrogens is 501 g/mol. The topological polar surface area (TPSA) is 78.9 Å². The van der Waals surface area contributed by atoms with Gasteiger partial charge in [0.25, 0.3) is 0 Å².